The molecule has 0 aliphatic carbocycles. The van der Waals surface area contributed by atoms with Crippen LogP contribution >= 0.6 is 0 Å². The van der Waals surface area contributed by atoms with E-state index in [-0.39, 0.29) is 0 Å². The van der Waals surface area contributed by atoms with Crippen molar-refractivity contribution in [3.63, 3.8) is 0 Å². The van der Waals surface area contributed by atoms with Gasteiger partial charge < -0.3 is 15.8 Å². The Bertz CT molecular complexity index is 1130. The summed E-state index contributed by atoms with van der Waals surface area (Å²) >= 11 is 0. The SMILES string of the molecule is COc1ccc(-n2c3ccccc3c3c(NCCN)nc(C)nc32)c(C)c1. The Labute approximate surface area is 158 Å². The zero-order chi connectivity index (χ0) is 19.0. The summed E-state index contributed by atoms with van der Waals surface area (Å²) < 4.78 is 7.56. The highest BCUT2D eigenvalue weighted by Crippen LogP contribution is 2.36. The Morgan fingerprint density at radius 2 is 1.93 bits per heavy atom. The number of para-hydroxylation sites is 1. The van der Waals surface area contributed by atoms with Crippen molar-refractivity contribution in [2.75, 3.05) is 25.5 Å². The van der Waals surface area contributed by atoms with Crippen LogP contribution in [0.1, 0.15) is 11.4 Å². The maximum Gasteiger partial charge on any atom is 0.151 e. The van der Waals surface area contributed by atoms with Crippen LogP contribution in [0.5, 0.6) is 5.75 Å². The summed E-state index contributed by atoms with van der Waals surface area (Å²) in [7, 11) is 1.68. The van der Waals surface area contributed by atoms with E-state index in [1.165, 1.54) is 0 Å². The predicted octanol–water partition coefficient (Wildman–Crippen LogP) is 3.57. The van der Waals surface area contributed by atoms with E-state index in [2.05, 4.69) is 40.0 Å². The van der Waals surface area contributed by atoms with E-state index in [1.54, 1.807) is 7.11 Å². The molecule has 0 saturated carbocycles. The van der Waals surface area contributed by atoms with Crippen LogP contribution in [0.4, 0.5) is 5.82 Å². The largest absolute Gasteiger partial charge is 0.497 e. The second-order valence-electron chi connectivity index (χ2n) is 6.54. The summed E-state index contributed by atoms with van der Waals surface area (Å²) in [6.07, 6.45) is 0. The van der Waals surface area contributed by atoms with Gasteiger partial charge in [0.25, 0.3) is 0 Å². The lowest BCUT2D eigenvalue weighted by Crippen LogP contribution is -2.14. The lowest BCUT2D eigenvalue weighted by molar-refractivity contribution is 0.414. The van der Waals surface area contributed by atoms with Crippen molar-refractivity contribution < 1.29 is 4.74 Å². The number of ether oxygens (including phenoxy) is 1. The first-order valence-electron chi connectivity index (χ1n) is 9.00. The lowest BCUT2D eigenvalue weighted by atomic mass is 10.2. The van der Waals surface area contributed by atoms with Crippen LogP contribution in [-0.2, 0) is 0 Å². The molecule has 0 fully saturated rings. The Kier molecular flexibility index (Phi) is 4.41. The smallest absolute Gasteiger partial charge is 0.151 e. The molecule has 0 unspecified atom stereocenters. The summed E-state index contributed by atoms with van der Waals surface area (Å²) in [6, 6.07) is 14.4. The maximum atomic E-state index is 5.69. The number of benzene rings is 2. The normalized spacial score (nSPS) is 11.3. The summed E-state index contributed by atoms with van der Waals surface area (Å²) in [6.45, 7) is 5.20. The highest BCUT2D eigenvalue weighted by molar-refractivity contribution is 6.12. The Morgan fingerprint density at radius 1 is 1.11 bits per heavy atom. The third-order valence-electron chi connectivity index (χ3n) is 4.71. The average molecular weight is 361 g/mol. The molecule has 3 N–H and O–H groups in total. The fourth-order valence-electron chi connectivity index (χ4n) is 3.53. The number of hydrogen-bond donors (Lipinski definition) is 2. The summed E-state index contributed by atoms with van der Waals surface area (Å²) in [5.41, 5.74) is 9.86. The van der Waals surface area contributed by atoms with E-state index in [0.29, 0.717) is 13.1 Å². The van der Waals surface area contributed by atoms with Gasteiger partial charge in [-0.25, -0.2) is 9.97 Å². The molecule has 2 aromatic carbocycles. The molecule has 0 bridgehead atoms. The van der Waals surface area contributed by atoms with Crippen molar-refractivity contribution in [3.05, 3.63) is 53.9 Å². The van der Waals surface area contributed by atoms with Crippen molar-refractivity contribution in [3.8, 4) is 11.4 Å². The first kappa shape index (κ1) is 17.3. The predicted molar refractivity (Wildman–Crippen MR) is 110 cm³/mol. The first-order chi connectivity index (χ1) is 13.1. The van der Waals surface area contributed by atoms with E-state index < -0.39 is 0 Å². The molecule has 6 heteroatoms. The highest BCUT2D eigenvalue weighted by atomic mass is 16.5. The minimum Gasteiger partial charge on any atom is -0.497 e. The molecule has 0 spiro atoms. The molecule has 0 saturated heterocycles. The second kappa shape index (κ2) is 6.89. The zero-order valence-electron chi connectivity index (χ0n) is 15.8. The van der Waals surface area contributed by atoms with Crippen LogP contribution in [0.3, 0.4) is 0 Å². The van der Waals surface area contributed by atoms with Crippen LogP contribution in [0.2, 0.25) is 0 Å². The molecule has 6 nitrogen and oxygen atoms in total. The van der Waals surface area contributed by atoms with Gasteiger partial charge in [-0.15, -0.1) is 0 Å². The zero-order valence-corrected chi connectivity index (χ0v) is 15.8. The Hall–Kier alpha value is -3.12. The molecule has 138 valence electrons. The van der Waals surface area contributed by atoms with Crippen LogP contribution in [0.25, 0.3) is 27.6 Å². The van der Waals surface area contributed by atoms with Gasteiger partial charge in [-0.1, -0.05) is 18.2 Å². The number of aryl methyl sites for hydroxylation is 2. The molecule has 2 aromatic heterocycles. The molecular weight excluding hydrogens is 338 g/mol. The van der Waals surface area contributed by atoms with E-state index in [0.717, 1.165) is 50.6 Å². The average Bonchev–Trinajstić information content (AvgIpc) is 3.00. The van der Waals surface area contributed by atoms with Crippen LogP contribution < -0.4 is 15.8 Å². The number of hydrogen-bond acceptors (Lipinski definition) is 5. The van der Waals surface area contributed by atoms with Crippen molar-refractivity contribution in [2.24, 2.45) is 5.73 Å². The van der Waals surface area contributed by atoms with Gasteiger partial charge in [0.1, 0.15) is 17.4 Å². The van der Waals surface area contributed by atoms with E-state index >= 15 is 0 Å². The number of anilines is 1. The van der Waals surface area contributed by atoms with Gasteiger partial charge in [0.15, 0.2) is 5.65 Å². The lowest BCUT2D eigenvalue weighted by Gasteiger charge is -2.12. The highest BCUT2D eigenvalue weighted by Gasteiger charge is 2.19. The Morgan fingerprint density at radius 3 is 2.67 bits per heavy atom. The van der Waals surface area contributed by atoms with Crippen molar-refractivity contribution in [1.29, 1.82) is 0 Å². The third-order valence-corrected chi connectivity index (χ3v) is 4.71. The van der Waals surface area contributed by atoms with E-state index in [4.69, 9.17) is 15.5 Å². The number of rotatable bonds is 5. The standard InChI is InChI=1S/C21H23N5O/c1-13-12-15(27-3)8-9-17(13)26-18-7-5-4-6-16(18)19-20(23-11-10-22)24-14(2)25-21(19)26/h4-9,12H,10-11,22H2,1-3H3,(H,23,24,25). The van der Waals surface area contributed by atoms with Gasteiger partial charge in [0, 0.05) is 18.5 Å². The van der Waals surface area contributed by atoms with E-state index in [9.17, 15) is 0 Å². The molecule has 27 heavy (non-hydrogen) atoms. The van der Waals surface area contributed by atoms with Crippen molar-refractivity contribution in [2.45, 2.75) is 13.8 Å². The Balaban J connectivity index is 2.09. The van der Waals surface area contributed by atoms with Gasteiger partial charge in [-0.3, -0.25) is 4.57 Å². The van der Waals surface area contributed by atoms with Gasteiger partial charge in [-0.2, -0.15) is 0 Å². The molecule has 0 atom stereocenters. The summed E-state index contributed by atoms with van der Waals surface area (Å²) in [5.74, 6) is 2.38. The number of methoxy groups -OCH3 is 1. The van der Waals surface area contributed by atoms with Gasteiger partial charge in [-0.05, 0) is 43.7 Å². The summed E-state index contributed by atoms with van der Waals surface area (Å²) in [4.78, 5) is 9.43. The van der Waals surface area contributed by atoms with Crippen LogP contribution in [0.15, 0.2) is 42.5 Å². The molecular formula is C21H23N5O. The number of aromatic nitrogens is 3. The van der Waals surface area contributed by atoms with Crippen molar-refractivity contribution >= 4 is 27.8 Å². The van der Waals surface area contributed by atoms with Crippen molar-refractivity contribution in [1.82, 2.24) is 14.5 Å². The first-order valence-corrected chi connectivity index (χ1v) is 9.00. The molecule has 0 aliphatic heterocycles. The van der Waals surface area contributed by atoms with Crippen LogP contribution in [0, 0.1) is 13.8 Å². The van der Waals surface area contributed by atoms with Crippen LogP contribution in [-0.4, -0.2) is 34.7 Å². The number of nitrogens with zero attached hydrogens (tertiary/aromatic N) is 3. The fraction of sp³-hybridized carbons (Fsp3) is 0.238. The van der Waals surface area contributed by atoms with Gasteiger partial charge in [0.05, 0.1) is 23.7 Å². The maximum absolute atomic E-state index is 5.69. The molecule has 2 heterocycles. The van der Waals surface area contributed by atoms with Gasteiger partial charge in [0.2, 0.25) is 0 Å². The third kappa shape index (κ3) is 2.88. The quantitative estimate of drug-likeness (QED) is 0.568. The number of nitrogens with two attached hydrogens (primary N) is 1. The monoisotopic (exact) mass is 361 g/mol. The van der Waals surface area contributed by atoms with E-state index in [1.807, 2.05) is 31.2 Å². The number of nitrogens with one attached hydrogen (secondary N) is 1. The molecule has 4 aromatic rings. The molecule has 4 rings (SSSR count). The second-order valence-corrected chi connectivity index (χ2v) is 6.54. The fourth-order valence-corrected chi connectivity index (χ4v) is 3.53. The molecule has 0 amide bonds. The minimum atomic E-state index is 0.542. The topological polar surface area (TPSA) is 78.0 Å². The minimum absolute atomic E-state index is 0.542. The van der Waals surface area contributed by atoms with Gasteiger partial charge >= 0.3 is 0 Å². The molecule has 0 aliphatic rings. The molecule has 0 radical (unpaired) electrons. The number of fused-ring (bicyclic) bond motifs is 3. The summed E-state index contributed by atoms with van der Waals surface area (Å²) in [5, 5.41) is 5.49.